The van der Waals surface area contributed by atoms with E-state index in [-0.39, 0.29) is 59.9 Å². The lowest BCUT2D eigenvalue weighted by molar-refractivity contribution is -0.127. The number of rotatable bonds is 21. The second-order valence-electron chi connectivity index (χ2n) is 11.5. The first-order chi connectivity index (χ1) is 19.4. The van der Waals surface area contributed by atoms with Gasteiger partial charge in [-0.1, -0.05) is 41.0 Å². The average Bonchev–Trinajstić information content (AvgIpc) is 2.92. The molecule has 0 saturated carbocycles. The zero-order valence-corrected chi connectivity index (χ0v) is 27.1. The molecule has 1 rings (SSSR count). The predicted octanol–water partition coefficient (Wildman–Crippen LogP) is 3.67. The minimum atomic E-state index is -0.851. The number of carbonyl (C=O) groups is 3. The third-order valence-electron chi connectivity index (χ3n) is 7.51. The molecule has 10 nitrogen and oxygen atoms in total. The number of aliphatic hydroxyl groups excluding tert-OH is 1. The minimum Gasteiger partial charge on any atom is -0.493 e. The third kappa shape index (κ3) is 14.2. The van der Waals surface area contributed by atoms with Gasteiger partial charge in [0.25, 0.3) is 5.91 Å². The first-order valence-corrected chi connectivity index (χ1v) is 15.0. The maximum absolute atomic E-state index is 13.2. The van der Waals surface area contributed by atoms with Gasteiger partial charge in [0.05, 0.1) is 18.3 Å². The molecule has 4 atom stereocenters. The van der Waals surface area contributed by atoms with Gasteiger partial charge in [-0.3, -0.25) is 14.4 Å². The standard InChI is InChI=1S/C31H54N4O6.ClH/c1-7-8-13-34-31(39)25(21(4)5)18-27(36)26(32)16-23(20(2)3)19-35-30(38)24-12-11-22(29(33)37)17-28(24)41-15-10-9-14-40-6;/h11-12,17,20-21,23,25-27,36H,7-10,13-16,18-19,32H2,1-6H3,(H2,33,37)(H,34,39)(H,35,38);1H/t23-,25+,26+,27+;/m1./s1. The smallest absolute Gasteiger partial charge is 0.255 e. The zero-order valence-electron chi connectivity index (χ0n) is 26.3. The quantitative estimate of drug-likeness (QED) is 0.132. The Hall–Kier alpha value is -2.40. The highest BCUT2D eigenvalue weighted by Crippen LogP contribution is 2.24. The van der Waals surface area contributed by atoms with Gasteiger partial charge in [0.15, 0.2) is 0 Å². The van der Waals surface area contributed by atoms with E-state index in [1.807, 2.05) is 27.7 Å². The Bertz CT molecular complexity index is 946. The fraction of sp³-hybridized carbons (Fsp3) is 0.710. The molecule has 0 aliphatic carbocycles. The highest BCUT2D eigenvalue weighted by Gasteiger charge is 2.30. The maximum Gasteiger partial charge on any atom is 0.255 e. The summed E-state index contributed by atoms with van der Waals surface area (Å²) in [6.07, 6.45) is 3.35. The number of halogens is 1. The zero-order chi connectivity index (χ0) is 30.9. The average molecular weight is 615 g/mol. The first kappa shape index (κ1) is 39.6. The lowest BCUT2D eigenvalue weighted by Gasteiger charge is -2.30. The Morgan fingerprint density at radius 1 is 0.976 bits per heavy atom. The summed E-state index contributed by atoms with van der Waals surface area (Å²) in [5.41, 5.74) is 12.4. The van der Waals surface area contributed by atoms with E-state index in [0.29, 0.717) is 44.0 Å². The number of nitrogens with two attached hydrogens (primary N) is 2. The minimum absolute atomic E-state index is 0. The Morgan fingerprint density at radius 2 is 1.64 bits per heavy atom. The molecule has 0 aromatic heterocycles. The van der Waals surface area contributed by atoms with Crippen LogP contribution in [-0.4, -0.2) is 68.4 Å². The summed E-state index contributed by atoms with van der Waals surface area (Å²) < 4.78 is 10.9. The van der Waals surface area contributed by atoms with E-state index < -0.39 is 18.1 Å². The molecule has 0 heterocycles. The Kier molecular flexibility index (Phi) is 20.1. The predicted molar refractivity (Wildman–Crippen MR) is 169 cm³/mol. The van der Waals surface area contributed by atoms with E-state index in [2.05, 4.69) is 17.6 Å². The molecule has 1 aromatic carbocycles. The topological polar surface area (TPSA) is 166 Å². The fourth-order valence-corrected chi connectivity index (χ4v) is 4.57. The molecule has 242 valence electrons. The van der Waals surface area contributed by atoms with Gasteiger partial charge >= 0.3 is 0 Å². The van der Waals surface area contributed by atoms with Crippen LogP contribution in [0.1, 0.15) is 93.9 Å². The van der Waals surface area contributed by atoms with Crippen molar-refractivity contribution in [1.29, 1.82) is 0 Å². The summed E-state index contributed by atoms with van der Waals surface area (Å²) in [5, 5.41) is 16.9. The molecule has 42 heavy (non-hydrogen) atoms. The van der Waals surface area contributed by atoms with E-state index in [1.54, 1.807) is 7.11 Å². The number of nitrogens with one attached hydrogen (secondary N) is 2. The van der Waals surface area contributed by atoms with Crippen molar-refractivity contribution in [2.45, 2.75) is 85.3 Å². The molecule has 1 aromatic rings. The summed E-state index contributed by atoms with van der Waals surface area (Å²) in [7, 11) is 1.63. The van der Waals surface area contributed by atoms with Crippen molar-refractivity contribution in [3.63, 3.8) is 0 Å². The highest BCUT2D eigenvalue weighted by atomic mass is 35.5. The van der Waals surface area contributed by atoms with Gasteiger partial charge in [-0.15, -0.1) is 12.4 Å². The molecular weight excluding hydrogens is 560 g/mol. The Labute approximate surface area is 258 Å². The third-order valence-corrected chi connectivity index (χ3v) is 7.51. The van der Waals surface area contributed by atoms with Crippen LogP contribution in [0.15, 0.2) is 18.2 Å². The first-order valence-electron chi connectivity index (χ1n) is 15.0. The van der Waals surface area contributed by atoms with Crippen LogP contribution in [0.4, 0.5) is 0 Å². The van der Waals surface area contributed by atoms with Gasteiger partial charge < -0.3 is 36.7 Å². The van der Waals surface area contributed by atoms with Gasteiger partial charge in [-0.25, -0.2) is 0 Å². The monoisotopic (exact) mass is 614 g/mol. The van der Waals surface area contributed by atoms with Gasteiger partial charge in [0.1, 0.15) is 5.75 Å². The highest BCUT2D eigenvalue weighted by molar-refractivity contribution is 5.99. The number of carbonyl (C=O) groups excluding carboxylic acids is 3. The number of amides is 3. The summed E-state index contributed by atoms with van der Waals surface area (Å²) in [6.45, 7) is 12.0. The van der Waals surface area contributed by atoms with Gasteiger partial charge in [-0.05, 0) is 68.1 Å². The number of ether oxygens (including phenoxy) is 2. The van der Waals surface area contributed by atoms with Gasteiger partial charge in [0.2, 0.25) is 11.8 Å². The van der Waals surface area contributed by atoms with E-state index in [0.717, 1.165) is 25.7 Å². The second-order valence-corrected chi connectivity index (χ2v) is 11.5. The molecule has 0 fully saturated rings. The molecule has 0 radical (unpaired) electrons. The number of hydrogen-bond acceptors (Lipinski definition) is 7. The summed E-state index contributed by atoms with van der Waals surface area (Å²) in [5.74, 6) is -0.795. The number of unbranched alkanes of at least 4 members (excludes halogenated alkanes) is 2. The van der Waals surface area contributed by atoms with E-state index in [4.69, 9.17) is 20.9 Å². The van der Waals surface area contributed by atoms with Crippen molar-refractivity contribution >= 4 is 30.1 Å². The van der Waals surface area contributed by atoms with Crippen LogP contribution in [-0.2, 0) is 9.53 Å². The molecule has 0 bridgehead atoms. The molecule has 0 saturated heterocycles. The van der Waals surface area contributed by atoms with Crippen molar-refractivity contribution < 1.29 is 29.0 Å². The Balaban J connectivity index is 0.0000168. The maximum atomic E-state index is 13.2. The summed E-state index contributed by atoms with van der Waals surface area (Å²) >= 11 is 0. The largest absolute Gasteiger partial charge is 0.493 e. The van der Waals surface area contributed by atoms with E-state index in [1.165, 1.54) is 18.2 Å². The molecule has 3 amide bonds. The van der Waals surface area contributed by atoms with Gasteiger partial charge in [0, 0.05) is 44.3 Å². The SMILES string of the molecule is CCCCNC(=O)[C@@H](C[C@H](O)[C@@H](N)C[C@H](CNC(=O)c1ccc(C(N)=O)cc1OCCCCOC)C(C)C)C(C)C.Cl. The van der Waals surface area contributed by atoms with Crippen molar-refractivity contribution in [3.05, 3.63) is 29.3 Å². The van der Waals surface area contributed by atoms with E-state index >= 15 is 0 Å². The van der Waals surface area contributed by atoms with Crippen LogP contribution in [0.2, 0.25) is 0 Å². The van der Waals surface area contributed by atoms with Crippen LogP contribution >= 0.6 is 12.4 Å². The van der Waals surface area contributed by atoms with Crippen molar-refractivity contribution in [1.82, 2.24) is 10.6 Å². The van der Waals surface area contributed by atoms with Gasteiger partial charge in [-0.2, -0.15) is 0 Å². The number of hydrogen-bond donors (Lipinski definition) is 5. The molecule has 0 unspecified atom stereocenters. The van der Waals surface area contributed by atoms with Crippen LogP contribution in [0, 0.1) is 23.7 Å². The molecule has 0 spiro atoms. The molecule has 7 N–H and O–H groups in total. The summed E-state index contributed by atoms with van der Waals surface area (Å²) in [4.78, 5) is 37.6. The fourth-order valence-electron chi connectivity index (χ4n) is 4.57. The summed E-state index contributed by atoms with van der Waals surface area (Å²) in [6, 6.07) is 3.98. The lowest BCUT2D eigenvalue weighted by Crippen LogP contribution is -2.44. The molecule has 0 aliphatic heterocycles. The van der Waals surface area contributed by atoms with Crippen LogP contribution < -0.4 is 26.8 Å². The lowest BCUT2D eigenvalue weighted by atomic mass is 9.83. The normalized spacial score (nSPS) is 14.0. The van der Waals surface area contributed by atoms with E-state index in [9.17, 15) is 19.5 Å². The second kappa shape index (κ2) is 21.3. The Morgan fingerprint density at radius 3 is 2.21 bits per heavy atom. The number of primary amides is 1. The number of methoxy groups -OCH3 is 1. The van der Waals surface area contributed by atoms with Crippen molar-refractivity contribution in [2.24, 2.45) is 35.1 Å². The van der Waals surface area contributed by atoms with Crippen LogP contribution in [0.5, 0.6) is 5.75 Å². The van der Waals surface area contributed by atoms with Crippen molar-refractivity contribution in [3.8, 4) is 5.75 Å². The van der Waals surface area contributed by atoms with Crippen molar-refractivity contribution in [2.75, 3.05) is 33.4 Å². The number of aliphatic hydroxyl groups is 1. The van der Waals surface area contributed by atoms with Crippen LogP contribution in [0.3, 0.4) is 0 Å². The van der Waals surface area contributed by atoms with Crippen LogP contribution in [0.25, 0.3) is 0 Å². The molecule has 11 heteroatoms. The number of benzene rings is 1. The molecular formula is C31H55ClN4O6. The molecule has 0 aliphatic rings.